The highest BCUT2D eigenvalue weighted by molar-refractivity contribution is 7.89. The Morgan fingerprint density at radius 3 is 2.25 bits per heavy atom. The molecule has 0 aliphatic carbocycles. The topological polar surface area (TPSA) is 103 Å². The van der Waals surface area contributed by atoms with E-state index in [0.29, 0.717) is 22.6 Å². The summed E-state index contributed by atoms with van der Waals surface area (Å²) < 4.78 is 27.8. The van der Waals surface area contributed by atoms with Crippen LogP contribution in [0.15, 0.2) is 64.0 Å². The van der Waals surface area contributed by atoms with Crippen LogP contribution in [0.3, 0.4) is 0 Å². The lowest BCUT2D eigenvalue weighted by Gasteiger charge is -2.04. The summed E-state index contributed by atoms with van der Waals surface area (Å²) in [6, 6.07) is 14.6. The molecule has 122 valence electrons. The van der Waals surface area contributed by atoms with Crippen LogP contribution in [-0.4, -0.2) is 19.4 Å². The van der Waals surface area contributed by atoms with Gasteiger partial charge in [-0.05, 0) is 31.2 Å². The van der Waals surface area contributed by atoms with E-state index in [0.717, 1.165) is 5.56 Å². The predicted octanol–water partition coefficient (Wildman–Crippen LogP) is 2.53. The molecule has 0 saturated carbocycles. The van der Waals surface area contributed by atoms with Crippen LogP contribution in [0.5, 0.6) is 0 Å². The number of carbonyl (C=O) groups is 1. The quantitative estimate of drug-likeness (QED) is 0.734. The molecule has 6 nitrogen and oxygen atoms in total. The third-order valence-electron chi connectivity index (χ3n) is 3.58. The lowest BCUT2D eigenvalue weighted by atomic mass is 9.98. The molecule has 3 rings (SSSR count). The number of benzene rings is 2. The lowest BCUT2D eigenvalue weighted by Crippen LogP contribution is -2.12. The summed E-state index contributed by atoms with van der Waals surface area (Å²) in [4.78, 5) is 12.8. The van der Waals surface area contributed by atoms with Gasteiger partial charge >= 0.3 is 0 Å². The zero-order valence-corrected chi connectivity index (χ0v) is 13.6. The fourth-order valence-corrected chi connectivity index (χ4v) is 2.89. The van der Waals surface area contributed by atoms with Gasteiger partial charge in [0.2, 0.25) is 10.0 Å². The van der Waals surface area contributed by atoms with Crippen LogP contribution >= 0.6 is 0 Å². The molecule has 0 unspecified atom stereocenters. The minimum absolute atomic E-state index is 0.0515. The Labute approximate surface area is 139 Å². The molecule has 0 aliphatic heterocycles. The fraction of sp³-hybridized carbons (Fsp3) is 0.0588. The van der Waals surface area contributed by atoms with E-state index < -0.39 is 10.0 Å². The number of ketones is 1. The van der Waals surface area contributed by atoms with Crippen LogP contribution in [0.2, 0.25) is 0 Å². The van der Waals surface area contributed by atoms with Crippen molar-refractivity contribution in [3.63, 3.8) is 0 Å². The molecule has 7 heteroatoms. The maximum Gasteiger partial charge on any atom is 0.238 e. The number of primary sulfonamides is 1. The molecule has 0 atom stereocenters. The van der Waals surface area contributed by atoms with Crippen LogP contribution in [0.1, 0.15) is 21.7 Å². The van der Waals surface area contributed by atoms with Crippen LogP contribution in [0, 0.1) is 6.92 Å². The van der Waals surface area contributed by atoms with Crippen molar-refractivity contribution in [1.29, 1.82) is 0 Å². The van der Waals surface area contributed by atoms with Gasteiger partial charge in [0.15, 0.2) is 5.78 Å². The van der Waals surface area contributed by atoms with Gasteiger partial charge in [-0.25, -0.2) is 13.6 Å². The highest BCUT2D eigenvalue weighted by Gasteiger charge is 2.23. The Kier molecular flexibility index (Phi) is 4.04. The van der Waals surface area contributed by atoms with Gasteiger partial charge in [0, 0.05) is 11.1 Å². The zero-order valence-electron chi connectivity index (χ0n) is 12.8. The summed E-state index contributed by atoms with van der Waals surface area (Å²) >= 11 is 0. The number of hydrogen-bond acceptors (Lipinski definition) is 5. The van der Waals surface area contributed by atoms with E-state index >= 15 is 0 Å². The molecule has 0 radical (unpaired) electrons. The van der Waals surface area contributed by atoms with E-state index in [2.05, 4.69) is 5.16 Å². The van der Waals surface area contributed by atoms with E-state index in [1.165, 1.54) is 24.3 Å². The number of nitrogens with two attached hydrogens (primary N) is 1. The summed E-state index contributed by atoms with van der Waals surface area (Å²) in [7, 11) is -3.80. The largest absolute Gasteiger partial charge is 0.360 e. The maximum absolute atomic E-state index is 12.8. The Morgan fingerprint density at radius 2 is 1.67 bits per heavy atom. The monoisotopic (exact) mass is 342 g/mol. The van der Waals surface area contributed by atoms with Crippen molar-refractivity contribution in [2.24, 2.45) is 5.14 Å². The Balaban J connectivity index is 2.04. The van der Waals surface area contributed by atoms with E-state index in [4.69, 9.17) is 9.66 Å². The normalized spacial score (nSPS) is 11.4. The van der Waals surface area contributed by atoms with Crippen molar-refractivity contribution >= 4 is 15.8 Å². The molecule has 0 saturated heterocycles. The summed E-state index contributed by atoms with van der Waals surface area (Å²) in [6.45, 7) is 1.66. The van der Waals surface area contributed by atoms with Gasteiger partial charge in [0.25, 0.3) is 0 Å². The second-order valence-corrected chi connectivity index (χ2v) is 6.79. The standard InChI is InChI=1S/C17H14N2O4S/c1-11-15(16(19-23-11)12-5-3-2-4-6-12)17(20)13-7-9-14(10-8-13)24(18,21)22/h2-10H,1H3,(H2,18,21,22). The molecule has 0 bridgehead atoms. The molecule has 0 spiro atoms. The average molecular weight is 342 g/mol. The van der Waals surface area contributed by atoms with Crippen molar-refractivity contribution in [3.05, 3.63) is 71.5 Å². The first-order valence-corrected chi connectivity index (χ1v) is 8.62. The summed E-state index contributed by atoms with van der Waals surface area (Å²) in [5.74, 6) is 0.1000. The van der Waals surface area contributed by atoms with Crippen LogP contribution in [-0.2, 0) is 10.0 Å². The molecular weight excluding hydrogens is 328 g/mol. The SMILES string of the molecule is Cc1onc(-c2ccccc2)c1C(=O)c1ccc(S(N)(=O)=O)cc1. The van der Waals surface area contributed by atoms with Gasteiger partial charge in [-0.2, -0.15) is 0 Å². The number of aryl methyl sites for hydroxylation is 1. The molecule has 0 aliphatic rings. The highest BCUT2D eigenvalue weighted by Crippen LogP contribution is 2.27. The minimum Gasteiger partial charge on any atom is -0.360 e. The molecule has 1 heterocycles. The van der Waals surface area contributed by atoms with Crippen molar-refractivity contribution in [1.82, 2.24) is 5.16 Å². The van der Waals surface area contributed by atoms with Gasteiger partial charge in [-0.1, -0.05) is 35.5 Å². The maximum atomic E-state index is 12.8. The lowest BCUT2D eigenvalue weighted by molar-refractivity contribution is 0.103. The first-order chi connectivity index (χ1) is 11.4. The molecule has 3 aromatic rings. The van der Waals surface area contributed by atoms with Crippen molar-refractivity contribution in [2.45, 2.75) is 11.8 Å². The number of carbonyl (C=O) groups excluding carboxylic acids is 1. The van der Waals surface area contributed by atoms with E-state index in [1.807, 2.05) is 30.3 Å². The highest BCUT2D eigenvalue weighted by atomic mass is 32.2. The Hall–Kier alpha value is -2.77. The summed E-state index contributed by atoms with van der Waals surface area (Å²) in [5.41, 5.74) is 1.89. The number of rotatable bonds is 4. The smallest absolute Gasteiger partial charge is 0.238 e. The molecule has 1 aromatic heterocycles. The van der Waals surface area contributed by atoms with Gasteiger partial charge in [-0.3, -0.25) is 4.79 Å². The Bertz CT molecular complexity index is 991. The molecule has 0 fully saturated rings. The number of hydrogen-bond donors (Lipinski definition) is 1. The molecule has 24 heavy (non-hydrogen) atoms. The van der Waals surface area contributed by atoms with E-state index in [1.54, 1.807) is 6.92 Å². The third-order valence-corrected chi connectivity index (χ3v) is 4.51. The van der Waals surface area contributed by atoms with Gasteiger partial charge < -0.3 is 4.52 Å². The minimum atomic E-state index is -3.80. The number of sulfonamides is 1. The van der Waals surface area contributed by atoms with Crippen molar-refractivity contribution < 1.29 is 17.7 Å². The molecule has 2 N–H and O–H groups in total. The van der Waals surface area contributed by atoms with Gasteiger partial charge in [-0.15, -0.1) is 0 Å². The van der Waals surface area contributed by atoms with Crippen LogP contribution in [0.4, 0.5) is 0 Å². The van der Waals surface area contributed by atoms with Crippen LogP contribution in [0.25, 0.3) is 11.3 Å². The van der Waals surface area contributed by atoms with Crippen LogP contribution < -0.4 is 5.14 Å². The second-order valence-electron chi connectivity index (χ2n) is 5.23. The van der Waals surface area contributed by atoms with Crippen molar-refractivity contribution in [2.75, 3.05) is 0 Å². The molecular formula is C17H14N2O4S. The third kappa shape index (κ3) is 2.99. The van der Waals surface area contributed by atoms with E-state index in [-0.39, 0.29) is 10.7 Å². The fourth-order valence-electron chi connectivity index (χ4n) is 2.37. The molecule has 2 aromatic carbocycles. The number of aromatic nitrogens is 1. The van der Waals surface area contributed by atoms with Gasteiger partial charge in [0.1, 0.15) is 11.5 Å². The average Bonchev–Trinajstić information content (AvgIpc) is 2.96. The summed E-state index contributed by atoms with van der Waals surface area (Å²) in [5, 5.41) is 9.04. The molecule has 0 amide bonds. The first-order valence-electron chi connectivity index (χ1n) is 7.07. The zero-order chi connectivity index (χ0) is 17.3. The van der Waals surface area contributed by atoms with Gasteiger partial charge in [0.05, 0.1) is 10.5 Å². The second kappa shape index (κ2) is 6.03. The first kappa shape index (κ1) is 16.1. The summed E-state index contributed by atoms with van der Waals surface area (Å²) in [6.07, 6.45) is 0. The van der Waals surface area contributed by atoms with Crippen molar-refractivity contribution in [3.8, 4) is 11.3 Å². The number of nitrogens with zero attached hydrogens (tertiary/aromatic N) is 1. The van der Waals surface area contributed by atoms with E-state index in [9.17, 15) is 13.2 Å². The predicted molar refractivity (Wildman–Crippen MR) is 87.9 cm³/mol. The Morgan fingerprint density at radius 1 is 1.04 bits per heavy atom.